The number of aromatic nitrogens is 4. The van der Waals surface area contributed by atoms with Gasteiger partial charge < -0.3 is 14.2 Å². The SMILES string of the molecule is Cc1nc(-c2nnc3n2CC2COCC3N2C(=O)c2cccc(C(F)(F)F)c2C)ccc1F. The summed E-state index contributed by atoms with van der Waals surface area (Å²) in [5, 5.41) is 8.45. The van der Waals surface area contributed by atoms with Gasteiger partial charge in [0, 0.05) is 12.1 Å². The summed E-state index contributed by atoms with van der Waals surface area (Å²) in [5.41, 5.74) is -0.297. The quantitative estimate of drug-likeness (QED) is 0.544. The lowest BCUT2D eigenvalue weighted by molar-refractivity contribution is -0.138. The maximum atomic E-state index is 13.7. The van der Waals surface area contributed by atoms with Gasteiger partial charge in [-0.1, -0.05) is 6.07 Å². The Morgan fingerprint density at radius 2 is 1.91 bits per heavy atom. The Kier molecular flexibility index (Phi) is 4.96. The Bertz CT molecular complexity index is 1260. The average Bonchev–Trinajstić information content (AvgIpc) is 3.17. The van der Waals surface area contributed by atoms with Crippen molar-refractivity contribution >= 4 is 5.91 Å². The van der Waals surface area contributed by atoms with E-state index in [2.05, 4.69) is 15.2 Å². The van der Waals surface area contributed by atoms with E-state index in [1.54, 1.807) is 11.8 Å². The van der Waals surface area contributed by atoms with Crippen LogP contribution in [0.4, 0.5) is 17.6 Å². The molecule has 7 nitrogen and oxygen atoms in total. The van der Waals surface area contributed by atoms with E-state index in [4.69, 9.17) is 4.74 Å². The van der Waals surface area contributed by atoms with Crippen molar-refractivity contribution in [1.29, 1.82) is 0 Å². The number of aryl methyl sites for hydroxylation is 1. The average molecular weight is 461 g/mol. The molecule has 1 amide bonds. The van der Waals surface area contributed by atoms with E-state index >= 15 is 0 Å². The molecule has 11 heteroatoms. The fourth-order valence-corrected chi connectivity index (χ4v) is 4.50. The highest BCUT2D eigenvalue weighted by Gasteiger charge is 2.45. The van der Waals surface area contributed by atoms with Crippen LogP contribution >= 0.6 is 0 Å². The standard InChI is InChI=1S/C22H19F4N5O2/c1-11-14(4-3-5-15(11)22(24,25)26)21(32)31-13-8-30-19(17-7-6-16(23)12(2)27-17)28-29-20(30)18(31)10-33-9-13/h3-7,13,18H,8-10H2,1-2H3. The van der Waals surface area contributed by atoms with Gasteiger partial charge in [-0.15, -0.1) is 10.2 Å². The first-order chi connectivity index (χ1) is 15.7. The van der Waals surface area contributed by atoms with Crippen molar-refractivity contribution < 1.29 is 27.1 Å². The number of ether oxygens (including phenoxy) is 1. The number of amides is 1. The summed E-state index contributed by atoms with van der Waals surface area (Å²) in [4.78, 5) is 19.3. The molecule has 0 aliphatic carbocycles. The van der Waals surface area contributed by atoms with E-state index in [9.17, 15) is 22.4 Å². The highest BCUT2D eigenvalue weighted by atomic mass is 19.4. The lowest BCUT2D eigenvalue weighted by Crippen LogP contribution is -2.56. The maximum Gasteiger partial charge on any atom is 0.416 e. The van der Waals surface area contributed by atoms with Gasteiger partial charge in [-0.2, -0.15) is 13.2 Å². The minimum atomic E-state index is -4.56. The molecule has 2 aromatic heterocycles. The monoisotopic (exact) mass is 461 g/mol. The van der Waals surface area contributed by atoms with E-state index < -0.39 is 35.5 Å². The van der Waals surface area contributed by atoms with Crippen LogP contribution in [0.1, 0.15) is 39.0 Å². The van der Waals surface area contributed by atoms with Crippen LogP contribution in [0.15, 0.2) is 30.3 Å². The van der Waals surface area contributed by atoms with Crippen molar-refractivity contribution in [2.75, 3.05) is 13.2 Å². The first kappa shape index (κ1) is 21.5. The molecular formula is C22H19F4N5O2. The van der Waals surface area contributed by atoms with Gasteiger partial charge in [0.05, 0.1) is 30.5 Å². The molecule has 1 saturated heterocycles. The predicted molar refractivity (Wildman–Crippen MR) is 108 cm³/mol. The Hall–Kier alpha value is -3.34. The largest absolute Gasteiger partial charge is 0.416 e. The molecule has 3 aromatic rings. The molecule has 33 heavy (non-hydrogen) atoms. The third kappa shape index (κ3) is 3.47. The van der Waals surface area contributed by atoms with Crippen LogP contribution in [-0.4, -0.2) is 49.8 Å². The second-order valence-corrected chi connectivity index (χ2v) is 8.15. The number of carbonyl (C=O) groups is 1. The normalized spacial score (nSPS) is 20.0. The number of hydrogen-bond acceptors (Lipinski definition) is 5. The third-order valence-electron chi connectivity index (χ3n) is 6.14. The maximum absolute atomic E-state index is 13.7. The summed E-state index contributed by atoms with van der Waals surface area (Å²) in [6.45, 7) is 3.47. The summed E-state index contributed by atoms with van der Waals surface area (Å²) in [5.74, 6) is -0.0610. The molecule has 0 spiro atoms. The smallest absolute Gasteiger partial charge is 0.377 e. The summed E-state index contributed by atoms with van der Waals surface area (Å²) in [7, 11) is 0. The Morgan fingerprint density at radius 1 is 1.12 bits per heavy atom. The molecule has 172 valence electrons. The minimum Gasteiger partial charge on any atom is -0.377 e. The number of hydrogen-bond donors (Lipinski definition) is 0. The van der Waals surface area contributed by atoms with E-state index in [1.807, 2.05) is 4.57 Å². The van der Waals surface area contributed by atoms with E-state index in [0.717, 1.165) is 6.07 Å². The number of alkyl halides is 3. The molecule has 2 bridgehead atoms. The molecule has 5 rings (SSSR count). The fraction of sp³-hybridized carbons (Fsp3) is 0.364. The number of pyridine rings is 1. The number of halogens is 4. The molecular weight excluding hydrogens is 442 g/mol. The minimum absolute atomic E-state index is 0.00857. The number of rotatable bonds is 2. The Balaban J connectivity index is 1.54. The van der Waals surface area contributed by atoms with Gasteiger partial charge in [-0.25, -0.2) is 9.37 Å². The van der Waals surface area contributed by atoms with Crippen LogP contribution in [0.3, 0.4) is 0 Å². The van der Waals surface area contributed by atoms with Crippen molar-refractivity contribution in [1.82, 2.24) is 24.6 Å². The van der Waals surface area contributed by atoms with Gasteiger partial charge in [0.25, 0.3) is 5.91 Å². The van der Waals surface area contributed by atoms with Gasteiger partial charge in [0.15, 0.2) is 11.6 Å². The highest BCUT2D eigenvalue weighted by Crippen LogP contribution is 2.38. The van der Waals surface area contributed by atoms with Crippen LogP contribution in [0.2, 0.25) is 0 Å². The van der Waals surface area contributed by atoms with Crippen molar-refractivity contribution in [2.45, 2.75) is 38.7 Å². The molecule has 0 saturated carbocycles. The van der Waals surface area contributed by atoms with E-state index in [-0.39, 0.29) is 36.6 Å². The zero-order valence-corrected chi connectivity index (χ0v) is 17.7. The third-order valence-corrected chi connectivity index (χ3v) is 6.14. The van der Waals surface area contributed by atoms with Crippen LogP contribution in [0.5, 0.6) is 0 Å². The zero-order valence-electron chi connectivity index (χ0n) is 17.7. The van der Waals surface area contributed by atoms with Gasteiger partial charge in [-0.05, 0) is 43.7 Å². The predicted octanol–water partition coefficient (Wildman–Crippen LogP) is 3.71. The van der Waals surface area contributed by atoms with E-state index in [0.29, 0.717) is 17.3 Å². The van der Waals surface area contributed by atoms with Crippen LogP contribution in [0.25, 0.3) is 11.5 Å². The first-order valence-electron chi connectivity index (χ1n) is 10.3. The highest BCUT2D eigenvalue weighted by molar-refractivity contribution is 5.96. The summed E-state index contributed by atoms with van der Waals surface area (Å²) in [6.07, 6.45) is -4.56. The Morgan fingerprint density at radius 3 is 2.64 bits per heavy atom. The molecule has 2 aliphatic rings. The number of carbonyl (C=O) groups excluding carboxylic acids is 1. The van der Waals surface area contributed by atoms with Crippen LogP contribution < -0.4 is 0 Å². The van der Waals surface area contributed by atoms with Gasteiger partial charge in [0.1, 0.15) is 17.6 Å². The second-order valence-electron chi connectivity index (χ2n) is 8.15. The second kappa shape index (κ2) is 7.62. The molecule has 2 atom stereocenters. The molecule has 1 fully saturated rings. The van der Waals surface area contributed by atoms with Gasteiger partial charge in [0.2, 0.25) is 0 Å². The first-order valence-corrected chi connectivity index (χ1v) is 10.3. The van der Waals surface area contributed by atoms with Gasteiger partial charge >= 0.3 is 6.18 Å². The van der Waals surface area contributed by atoms with Crippen molar-refractivity contribution in [3.63, 3.8) is 0 Å². The number of benzene rings is 1. The van der Waals surface area contributed by atoms with Crippen LogP contribution in [0, 0.1) is 19.7 Å². The summed E-state index contributed by atoms with van der Waals surface area (Å²) in [6, 6.07) is 5.36. The molecule has 4 heterocycles. The van der Waals surface area contributed by atoms with Gasteiger partial charge in [-0.3, -0.25) is 4.79 Å². The van der Waals surface area contributed by atoms with Crippen LogP contribution in [-0.2, 0) is 17.5 Å². The summed E-state index contributed by atoms with van der Waals surface area (Å²) >= 11 is 0. The number of fused-ring (bicyclic) bond motifs is 4. The lowest BCUT2D eigenvalue weighted by atomic mass is 9.97. The molecule has 1 aromatic carbocycles. The van der Waals surface area contributed by atoms with Crippen molar-refractivity contribution in [2.24, 2.45) is 0 Å². The number of morpholine rings is 1. The zero-order chi connectivity index (χ0) is 23.5. The molecule has 2 aliphatic heterocycles. The molecule has 0 radical (unpaired) electrons. The number of nitrogens with zero attached hydrogens (tertiary/aromatic N) is 5. The fourth-order valence-electron chi connectivity index (χ4n) is 4.50. The van der Waals surface area contributed by atoms with E-state index in [1.165, 1.54) is 31.2 Å². The van der Waals surface area contributed by atoms with Crippen molar-refractivity contribution in [3.8, 4) is 11.5 Å². The lowest BCUT2D eigenvalue weighted by Gasteiger charge is -2.45. The Labute approximate surface area is 186 Å². The summed E-state index contributed by atoms with van der Waals surface area (Å²) < 4.78 is 61.3. The molecule has 2 unspecified atom stereocenters. The topological polar surface area (TPSA) is 73.1 Å². The molecule has 0 N–H and O–H groups in total. The van der Waals surface area contributed by atoms with Crippen molar-refractivity contribution in [3.05, 3.63) is 64.4 Å².